The molecule has 2 fully saturated rings. The van der Waals surface area contributed by atoms with Crippen molar-refractivity contribution in [3.63, 3.8) is 0 Å². The molecule has 2 aliphatic rings. The van der Waals surface area contributed by atoms with E-state index in [9.17, 15) is 9.59 Å². The fraction of sp³-hybridized carbons (Fsp3) is 0.778. The van der Waals surface area contributed by atoms with E-state index in [1.54, 1.807) is 6.92 Å². The fourth-order valence-corrected chi connectivity index (χ4v) is 1.72. The molecule has 5 heteroatoms. The normalized spacial score (nSPS) is 24.7. The lowest BCUT2D eigenvalue weighted by molar-refractivity contribution is -0.125. The minimum absolute atomic E-state index is 0.125. The van der Waals surface area contributed by atoms with Crippen LogP contribution in [0.4, 0.5) is 4.79 Å². The van der Waals surface area contributed by atoms with Crippen LogP contribution >= 0.6 is 0 Å². The van der Waals surface area contributed by atoms with E-state index < -0.39 is 6.10 Å². The Labute approximate surface area is 82.3 Å². The Morgan fingerprint density at radius 2 is 2.14 bits per heavy atom. The van der Waals surface area contributed by atoms with E-state index in [1.165, 1.54) is 9.80 Å². The first-order valence-electron chi connectivity index (χ1n) is 4.88. The van der Waals surface area contributed by atoms with Crippen LogP contribution < -0.4 is 0 Å². The van der Waals surface area contributed by atoms with E-state index in [0.29, 0.717) is 0 Å². The first-order valence-corrected chi connectivity index (χ1v) is 4.88. The molecule has 0 aromatic heterocycles. The third-order valence-corrected chi connectivity index (χ3v) is 2.47. The van der Waals surface area contributed by atoms with Crippen molar-refractivity contribution in [1.82, 2.24) is 9.80 Å². The summed E-state index contributed by atoms with van der Waals surface area (Å²) in [5.41, 5.74) is 0. The molecule has 1 N–H and O–H groups in total. The average Bonchev–Trinajstić information content (AvgIpc) is 2.82. The van der Waals surface area contributed by atoms with Gasteiger partial charge in [-0.25, -0.2) is 4.79 Å². The van der Waals surface area contributed by atoms with Crippen molar-refractivity contribution in [3.05, 3.63) is 0 Å². The largest absolute Gasteiger partial charge is 0.392 e. The van der Waals surface area contributed by atoms with Crippen LogP contribution in [0.1, 0.15) is 19.8 Å². The van der Waals surface area contributed by atoms with Crippen molar-refractivity contribution >= 4 is 11.9 Å². The molecule has 2 rings (SSSR count). The van der Waals surface area contributed by atoms with Crippen LogP contribution in [0.2, 0.25) is 0 Å². The summed E-state index contributed by atoms with van der Waals surface area (Å²) in [6.45, 7) is 1.98. The van der Waals surface area contributed by atoms with Crippen LogP contribution in [0.15, 0.2) is 0 Å². The maximum atomic E-state index is 11.7. The molecule has 78 valence electrons. The number of imide groups is 1. The van der Waals surface area contributed by atoms with E-state index in [-0.39, 0.29) is 31.1 Å². The summed E-state index contributed by atoms with van der Waals surface area (Å²) < 4.78 is 0. The Hall–Kier alpha value is -1.10. The van der Waals surface area contributed by atoms with E-state index in [1.807, 2.05) is 0 Å². The Morgan fingerprint density at radius 3 is 2.64 bits per heavy atom. The van der Waals surface area contributed by atoms with Crippen LogP contribution in [0.3, 0.4) is 0 Å². The Balaban J connectivity index is 2.03. The van der Waals surface area contributed by atoms with Crippen LogP contribution in [-0.4, -0.2) is 52.1 Å². The molecule has 5 nitrogen and oxygen atoms in total. The van der Waals surface area contributed by atoms with Crippen molar-refractivity contribution in [2.45, 2.75) is 31.9 Å². The van der Waals surface area contributed by atoms with Crippen molar-refractivity contribution in [2.24, 2.45) is 0 Å². The van der Waals surface area contributed by atoms with E-state index in [4.69, 9.17) is 5.11 Å². The third kappa shape index (κ3) is 1.59. The number of hydrogen-bond acceptors (Lipinski definition) is 3. The third-order valence-electron chi connectivity index (χ3n) is 2.47. The number of hydrogen-bond donors (Lipinski definition) is 1. The molecular weight excluding hydrogens is 184 g/mol. The van der Waals surface area contributed by atoms with Crippen molar-refractivity contribution in [3.8, 4) is 0 Å². The smallest absolute Gasteiger partial charge is 0.327 e. The lowest BCUT2D eigenvalue weighted by Crippen LogP contribution is -2.37. The highest BCUT2D eigenvalue weighted by atomic mass is 16.3. The van der Waals surface area contributed by atoms with Gasteiger partial charge in [0, 0.05) is 12.6 Å². The Kier molecular flexibility index (Phi) is 2.19. The van der Waals surface area contributed by atoms with Gasteiger partial charge in [-0.15, -0.1) is 0 Å². The van der Waals surface area contributed by atoms with Crippen LogP contribution in [-0.2, 0) is 4.79 Å². The molecule has 1 unspecified atom stereocenters. The summed E-state index contributed by atoms with van der Waals surface area (Å²) in [7, 11) is 0. The summed E-state index contributed by atoms with van der Waals surface area (Å²) in [5, 5.41) is 9.13. The molecule has 14 heavy (non-hydrogen) atoms. The molecule has 1 aliphatic carbocycles. The summed E-state index contributed by atoms with van der Waals surface area (Å²) in [6, 6.07) is -0.104. The second-order valence-electron chi connectivity index (χ2n) is 4.01. The summed E-state index contributed by atoms with van der Waals surface area (Å²) in [4.78, 5) is 25.8. The Bertz CT molecular complexity index is 273. The molecule has 0 spiro atoms. The molecule has 1 aliphatic heterocycles. The van der Waals surface area contributed by atoms with Gasteiger partial charge in [0.2, 0.25) is 0 Å². The quantitative estimate of drug-likeness (QED) is 0.638. The van der Waals surface area contributed by atoms with Gasteiger partial charge in [0.15, 0.2) is 0 Å². The minimum Gasteiger partial charge on any atom is -0.392 e. The zero-order valence-electron chi connectivity index (χ0n) is 8.14. The second-order valence-corrected chi connectivity index (χ2v) is 4.01. The maximum absolute atomic E-state index is 11.7. The van der Waals surface area contributed by atoms with Crippen LogP contribution in [0.25, 0.3) is 0 Å². The molecule has 0 aromatic carbocycles. The van der Waals surface area contributed by atoms with Gasteiger partial charge < -0.3 is 10.0 Å². The molecule has 3 amide bonds. The molecule has 1 heterocycles. The standard InChI is InChI=1S/C9H14N2O3/c1-6(12)4-10-5-8(13)11(9(10)14)7-2-3-7/h6-7,12H,2-5H2,1H3. The molecule has 1 atom stereocenters. The predicted molar refractivity (Wildman–Crippen MR) is 48.5 cm³/mol. The van der Waals surface area contributed by atoms with Crippen LogP contribution in [0.5, 0.6) is 0 Å². The summed E-state index contributed by atoms with van der Waals surface area (Å²) in [6.07, 6.45) is 1.28. The van der Waals surface area contributed by atoms with E-state index >= 15 is 0 Å². The highest BCUT2D eigenvalue weighted by Gasteiger charge is 2.44. The van der Waals surface area contributed by atoms with Gasteiger partial charge in [-0.2, -0.15) is 0 Å². The van der Waals surface area contributed by atoms with Crippen molar-refractivity contribution < 1.29 is 14.7 Å². The van der Waals surface area contributed by atoms with Crippen molar-refractivity contribution in [1.29, 1.82) is 0 Å². The lowest BCUT2D eigenvalue weighted by atomic mass is 10.4. The molecule has 0 bridgehead atoms. The van der Waals surface area contributed by atoms with Crippen molar-refractivity contribution in [2.75, 3.05) is 13.1 Å². The molecule has 1 saturated heterocycles. The number of aliphatic hydroxyl groups excluding tert-OH is 1. The highest BCUT2D eigenvalue weighted by molar-refractivity contribution is 6.02. The van der Waals surface area contributed by atoms with Crippen LogP contribution in [0, 0.1) is 0 Å². The van der Waals surface area contributed by atoms with Gasteiger partial charge in [0.1, 0.15) is 6.54 Å². The van der Waals surface area contributed by atoms with Gasteiger partial charge in [0.05, 0.1) is 6.10 Å². The number of carbonyl (C=O) groups excluding carboxylic acids is 2. The zero-order chi connectivity index (χ0) is 10.3. The average molecular weight is 198 g/mol. The lowest BCUT2D eigenvalue weighted by Gasteiger charge is -2.17. The van der Waals surface area contributed by atoms with Gasteiger partial charge >= 0.3 is 6.03 Å². The van der Waals surface area contributed by atoms with E-state index in [0.717, 1.165) is 12.8 Å². The number of aliphatic hydroxyl groups is 1. The number of urea groups is 1. The molecular formula is C9H14N2O3. The van der Waals surface area contributed by atoms with Gasteiger partial charge in [-0.1, -0.05) is 0 Å². The highest BCUT2D eigenvalue weighted by Crippen LogP contribution is 2.30. The first kappa shape index (κ1) is 9.45. The first-order chi connectivity index (χ1) is 6.59. The number of β-amino-alcohol motifs (C(OH)–C–C–N with tert-alkyl or cyclic N) is 1. The maximum Gasteiger partial charge on any atom is 0.327 e. The number of nitrogens with zero attached hydrogens (tertiary/aromatic N) is 2. The second kappa shape index (κ2) is 3.24. The monoisotopic (exact) mass is 198 g/mol. The molecule has 0 aromatic rings. The fourth-order valence-electron chi connectivity index (χ4n) is 1.72. The number of carbonyl (C=O) groups is 2. The van der Waals surface area contributed by atoms with Gasteiger partial charge in [-0.05, 0) is 19.8 Å². The number of rotatable bonds is 3. The summed E-state index contributed by atoms with van der Waals surface area (Å²) in [5.74, 6) is -0.127. The molecule has 0 radical (unpaired) electrons. The number of amides is 3. The topological polar surface area (TPSA) is 60.9 Å². The summed E-state index contributed by atoms with van der Waals surface area (Å²) >= 11 is 0. The van der Waals surface area contributed by atoms with Gasteiger partial charge in [0.25, 0.3) is 5.91 Å². The van der Waals surface area contributed by atoms with E-state index in [2.05, 4.69) is 0 Å². The Morgan fingerprint density at radius 1 is 1.50 bits per heavy atom. The van der Waals surface area contributed by atoms with Gasteiger partial charge in [-0.3, -0.25) is 9.69 Å². The molecule has 1 saturated carbocycles. The minimum atomic E-state index is -0.578. The predicted octanol–water partition coefficient (Wildman–Crippen LogP) is -0.206. The SMILES string of the molecule is CC(O)CN1CC(=O)N(C2CC2)C1=O. The zero-order valence-corrected chi connectivity index (χ0v) is 8.14.